The summed E-state index contributed by atoms with van der Waals surface area (Å²) in [7, 11) is 0. The van der Waals surface area contributed by atoms with Gasteiger partial charge in [0.25, 0.3) is 0 Å². The standard InChI is InChI=1S/C21H20F3NO/c22-21(23,24)15-8-10-16(11-9-15)25-19(26)18-17(14-6-2-1-3-7-14)20(18)12-4-5-13-20/h1-3,6-11,17-18H,4-5,12-13H2,(H,25,26). The van der Waals surface area contributed by atoms with Crippen molar-refractivity contribution in [1.82, 2.24) is 0 Å². The molecule has 1 amide bonds. The van der Waals surface area contributed by atoms with Gasteiger partial charge in [0, 0.05) is 11.6 Å². The number of hydrogen-bond donors (Lipinski definition) is 1. The van der Waals surface area contributed by atoms with Gasteiger partial charge in [-0.05, 0) is 48.1 Å². The van der Waals surface area contributed by atoms with Gasteiger partial charge < -0.3 is 5.32 Å². The van der Waals surface area contributed by atoms with Gasteiger partial charge >= 0.3 is 6.18 Å². The van der Waals surface area contributed by atoms with Gasteiger partial charge in [-0.3, -0.25) is 4.79 Å². The second-order valence-electron chi connectivity index (χ2n) is 7.37. The van der Waals surface area contributed by atoms with Crippen molar-refractivity contribution in [3.63, 3.8) is 0 Å². The molecule has 0 heterocycles. The van der Waals surface area contributed by atoms with Crippen molar-refractivity contribution in [1.29, 1.82) is 0 Å². The van der Waals surface area contributed by atoms with E-state index in [0.717, 1.165) is 37.8 Å². The molecule has 2 aromatic carbocycles. The molecule has 2 aliphatic carbocycles. The zero-order valence-corrected chi connectivity index (χ0v) is 14.2. The lowest BCUT2D eigenvalue weighted by Crippen LogP contribution is -2.18. The van der Waals surface area contributed by atoms with Crippen LogP contribution in [0.1, 0.15) is 42.7 Å². The zero-order valence-electron chi connectivity index (χ0n) is 14.2. The highest BCUT2D eigenvalue weighted by atomic mass is 19.4. The highest BCUT2D eigenvalue weighted by Gasteiger charge is 2.68. The Hall–Kier alpha value is -2.30. The lowest BCUT2D eigenvalue weighted by atomic mass is 9.97. The van der Waals surface area contributed by atoms with Crippen molar-refractivity contribution in [3.8, 4) is 0 Å². The molecular formula is C21H20F3NO. The quantitative estimate of drug-likeness (QED) is 0.757. The average molecular weight is 359 g/mol. The van der Waals surface area contributed by atoms with Crippen LogP contribution in [0.25, 0.3) is 0 Å². The molecule has 2 aromatic rings. The number of anilines is 1. The molecule has 1 spiro atoms. The van der Waals surface area contributed by atoms with Crippen LogP contribution in [0.15, 0.2) is 54.6 Å². The van der Waals surface area contributed by atoms with Gasteiger partial charge in [0.1, 0.15) is 0 Å². The number of amides is 1. The molecule has 0 bridgehead atoms. The summed E-state index contributed by atoms with van der Waals surface area (Å²) < 4.78 is 38.0. The molecule has 1 N–H and O–H groups in total. The first-order chi connectivity index (χ1) is 12.4. The van der Waals surface area contributed by atoms with Gasteiger partial charge in [-0.25, -0.2) is 0 Å². The Morgan fingerprint density at radius 3 is 2.15 bits per heavy atom. The lowest BCUT2D eigenvalue weighted by molar-refractivity contribution is -0.137. The van der Waals surface area contributed by atoms with Crippen molar-refractivity contribution >= 4 is 11.6 Å². The van der Waals surface area contributed by atoms with Crippen LogP contribution in [0, 0.1) is 11.3 Å². The van der Waals surface area contributed by atoms with Crippen LogP contribution in [0.3, 0.4) is 0 Å². The number of halogens is 3. The van der Waals surface area contributed by atoms with Crippen LogP contribution in [0.2, 0.25) is 0 Å². The Kier molecular flexibility index (Phi) is 4.05. The maximum atomic E-state index is 12.9. The summed E-state index contributed by atoms with van der Waals surface area (Å²) in [5.41, 5.74) is 0.908. The summed E-state index contributed by atoms with van der Waals surface area (Å²) >= 11 is 0. The zero-order chi connectivity index (χ0) is 18.4. The monoisotopic (exact) mass is 359 g/mol. The third-order valence-corrected chi connectivity index (χ3v) is 5.92. The number of alkyl halides is 3. The molecule has 2 nitrogen and oxygen atoms in total. The molecule has 26 heavy (non-hydrogen) atoms. The number of nitrogens with one attached hydrogen (secondary N) is 1. The van der Waals surface area contributed by atoms with Gasteiger partial charge in [0.2, 0.25) is 5.91 Å². The molecule has 2 unspecified atom stereocenters. The second kappa shape index (κ2) is 6.15. The van der Waals surface area contributed by atoms with Crippen molar-refractivity contribution in [3.05, 3.63) is 65.7 Å². The van der Waals surface area contributed by atoms with Crippen LogP contribution in [0.5, 0.6) is 0 Å². The first-order valence-electron chi connectivity index (χ1n) is 8.95. The van der Waals surface area contributed by atoms with Gasteiger partial charge in [0.05, 0.1) is 11.5 Å². The third-order valence-electron chi connectivity index (χ3n) is 5.92. The molecule has 2 fully saturated rings. The molecule has 136 valence electrons. The summed E-state index contributed by atoms with van der Waals surface area (Å²) in [4.78, 5) is 12.9. The molecule has 0 radical (unpaired) electrons. The van der Waals surface area contributed by atoms with E-state index in [9.17, 15) is 18.0 Å². The Labute approximate surface area is 150 Å². The highest BCUT2D eigenvalue weighted by Crippen LogP contribution is 2.72. The van der Waals surface area contributed by atoms with E-state index < -0.39 is 11.7 Å². The third kappa shape index (κ3) is 2.89. The van der Waals surface area contributed by atoms with Crippen molar-refractivity contribution in [2.45, 2.75) is 37.8 Å². The van der Waals surface area contributed by atoms with Gasteiger partial charge in [-0.1, -0.05) is 43.2 Å². The van der Waals surface area contributed by atoms with Gasteiger partial charge in [0.15, 0.2) is 0 Å². The number of carbonyl (C=O) groups is 1. The molecular weight excluding hydrogens is 339 g/mol. The minimum Gasteiger partial charge on any atom is -0.326 e. The molecule has 0 saturated heterocycles. The summed E-state index contributed by atoms with van der Waals surface area (Å²) in [6.45, 7) is 0. The fourth-order valence-corrected chi connectivity index (χ4v) is 4.71. The Bertz CT molecular complexity index is 792. The van der Waals surface area contributed by atoms with E-state index in [4.69, 9.17) is 0 Å². The van der Waals surface area contributed by atoms with Crippen molar-refractivity contribution in [2.24, 2.45) is 11.3 Å². The maximum absolute atomic E-state index is 12.9. The second-order valence-corrected chi connectivity index (χ2v) is 7.37. The number of rotatable bonds is 3. The van der Waals surface area contributed by atoms with E-state index in [1.807, 2.05) is 18.2 Å². The van der Waals surface area contributed by atoms with Crippen LogP contribution < -0.4 is 5.32 Å². The number of hydrogen-bond acceptors (Lipinski definition) is 1. The molecule has 2 aliphatic rings. The minimum atomic E-state index is -4.37. The van der Waals surface area contributed by atoms with E-state index >= 15 is 0 Å². The first kappa shape index (κ1) is 17.1. The average Bonchev–Trinajstić information content (AvgIpc) is 3.00. The van der Waals surface area contributed by atoms with Crippen LogP contribution in [-0.2, 0) is 11.0 Å². The van der Waals surface area contributed by atoms with E-state index in [2.05, 4.69) is 17.4 Å². The van der Waals surface area contributed by atoms with Crippen molar-refractivity contribution in [2.75, 3.05) is 5.32 Å². The number of carbonyl (C=O) groups excluding carboxylic acids is 1. The molecule has 2 saturated carbocycles. The SMILES string of the molecule is O=C(Nc1ccc(C(F)(F)F)cc1)C1C(c2ccccc2)C12CCCC2. The molecule has 2 atom stereocenters. The van der Waals surface area contributed by atoms with Crippen molar-refractivity contribution < 1.29 is 18.0 Å². The molecule has 5 heteroatoms. The maximum Gasteiger partial charge on any atom is 0.416 e. The predicted molar refractivity (Wildman–Crippen MR) is 93.6 cm³/mol. The molecule has 0 aromatic heterocycles. The fourth-order valence-electron chi connectivity index (χ4n) is 4.71. The molecule has 0 aliphatic heterocycles. The topological polar surface area (TPSA) is 29.1 Å². The van der Waals surface area contributed by atoms with E-state index in [1.54, 1.807) is 0 Å². The minimum absolute atomic E-state index is 0.0251. The summed E-state index contributed by atoms with van der Waals surface area (Å²) in [6, 6.07) is 14.7. The van der Waals surface area contributed by atoms with E-state index in [0.29, 0.717) is 5.69 Å². The van der Waals surface area contributed by atoms with E-state index in [-0.39, 0.29) is 23.2 Å². The van der Waals surface area contributed by atoms with Crippen LogP contribution in [-0.4, -0.2) is 5.91 Å². The fraction of sp³-hybridized carbons (Fsp3) is 0.381. The normalized spacial score (nSPS) is 23.8. The Balaban J connectivity index is 1.52. The van der Waals surface area contributed by atoms with Gasteiger partial charge in [-0.15, -0.1) is 0 Å². The Morgan fingerprint density at radius 1 is 0.962 bits per heavy atom. The molecule has 4 rings (SSSR count). The van der Waals surface area contributed by atoms with E-state index in [1.165, 1.54) is 17.7 Å². The van der Waals surface area contributed by atoms with Crippen LogP contribution >= 0.6 is 0 Å². The Morgan fingerprint density at radius 2 is 1.58 bits per heavy atom. The van der Waals surface area contributed by atoms with Crippen LogP contribution in [0.4, 0.5) is 18.9 Å². The lowest BCUT2D eigenvalue weighted by Gasteiger charge is -2.10. The summed E-state index contributed by atoms with van der Waals surface area (Å²) in [5.74, 6) is 0.0239. The first-order valence-corrected chi connectivity index (χ1v) is 8.95. The number of benzene rings is 2. The largest absolute Gasteiger partial charge is 0.416 e. The predicted octanol–water partition coefficient (Wildman–Crippen LogP) is 5.62. The smallest absolute Gasteiger partial charge is 0.326 e. The summed E-state index contributed by atoms with van der Waals surface area (Å²) in [5, 5.41) is 2.83. The van der Waals surface area contributed by atoms with Gasteiger partial charge in [-0.2, -0.15) is 13.2 Å². The highest BCUT2D eigenvalue weighted by molar-refractivity contribution is 5.96. The summed E-state index contributed by atoms with van der Waals surface area (Å²) in [6.07, 6.45) is -0.0263.